The lowest BCUT2D eigenvalue weighted by Gasteiger charge is -2.30. The first-order chi connectivity index (χ1) is 5.95. The molecule has 2 aliphatic rings. The molecule has 1 saturated heterocycles. The molecule has 0 spiro atoms. The summed E-state index contributed by atoms with van der Waals surface area (Å²) in [5.41, 5.74) is 7.55. The Bertz CT molecular complexity index is 294. The monoisotopic (exact) mass is 165 g/mol. The molecular weight excluding hydrogens is 154 g/mol. The summed E-state index contributed by atoms with van der Waals surface area (Å²) in [7, 11) is 0. The fourth-order valence-electron chi connectivity index (χ4n) is 1.79. The van der Waals surface area contributed by atoms with Gasteiger partial charge in [-0.25, -0.2) is 10.9 Å². The third-order valence-corrected chi connectivity index (χ3v) is 2.40. The first kappa shape index (κ1) is 6.33. The van der Waals surface area contributed by atoms with Gasteiger partial charge in [0.25, 0.3) is 0 Å². The minimum absolute atomic E-state index is 0.383. The van der Waals surface area contributed by atoms with E-state index in [-0.39, 0.29) is 0 Å². The second-order valence-corrected chi connectivity index (χ2v) is 3.08. The first-order valence-corrected chi connectivity index (χ1v) is 4.11. The van der Waals surface area contributed by atoms with Gasteiger partial charge >= 0.3 is 0 Å². The summed E-state index contributed by atoms with van der Waals surface area (Å²) < 4.78 is 0. The molecule has 3 rings (SSSR count). The third-order valence-electron chi connectivity index (χ3n) is 2.40. The lowest BCUT2D eigenvalue weighted by atomic mass is 10.3. The number of hydrogen-bond acceptors (Lipinski definition) is 4. The number of aromatic nitrogens is 1. The molecule has 0 aromatic carbocycles. The zero-order valence-corrected chi connectivity index (χ0v) is 6.59. The van der Waals surface area contributed by atoms with Crippen molar-refractivity contribution in [2.24, 2.45) is 0 Å². The molecule has 5 heteroatoms. The van der Waals surface area contributed by atoms with Gasteiger partial charge in [-0.1, -0.05) is 0 Å². The molecule has 1 atom stereocenters. The maximum atomic E-state index is 3.31. The van der Waals surface area contributed by atoms with Crippen molar-refractivity contribution in [1.29, 1.82) is 0 Å². The van der Waals surface area contributed by atoms with Crippen LogP contribution in [0.4, 0.5) is 11.5 Å². The van der Waals surface area contributed by atoms with Crippen molar-refractivity contribution in [3.8, 4) is 0 Å². The maximum Gasteiger partial charge on any atom is 0.127 e. The van der Waals surface area contributed by atoms with Crippen molar-refractivity contribution in [1.82, 2.24) is 15.8 Å². The number of nitrogens with zero attached hydrogens (tertiary/aromatic N) is 1. The van der Waals surface area contributed by atoms with Crippen LogP contribution in [0.1, 0.15) is 0 Å². The Morgan fingerprint density at radius 1 is 1.50 bits per heavy atom. The number of aromatic amines is 1. The summed E-state index contributed by atoms with van der Waals surface area (Å²) >= 11 is 0. The van der Waals surface area contributed by atoms with E-state index in [4.69, 9.17) is 0 Å². The van der Waals surface area contributed by atoms with E-state index in [0.717, 1.165) is 19.0 Å². The van der Waals surface area contributed by atoms with Gasteiger partial charge in [-0.05, 0) is 6.07 Å². The summed E-state index contributed by atoms with van der Waals surface area (Å²) in [6, 6.07) is 2.09. The van der Waals surface area contributed by atoms with Gasteiger partial charge in [0.2, 0.25) is 0 Å². The minimum Gasteiger partial charge on any atom is -0.366 e. The van der Waals surface area contributed by atoms with Gasteiger partial charge in [0.15, 0.2) is 0 Å². The molecule has 4 N–H and O–H groups in total. The second-order valence-electron chi connectivity index (χ2n) is 3.08. The van der Waals surface area contributed by atoms with Gasteiger partial charge < -0.3 is 15.2 Å². The smallest absolute Gasteiger partial charge is 0.127 e. The van der Waals surface area contributed by atoms with Crippen molar-refractivity contribution in [2.75, 3.05) is 23.4 Å². The number of nitrogens with one attached hydrogen (secondary N) is 4. The van der Waals surface area contributed by atoms with E-state index >= 15 is 0 Å². The highest BCUT2D eigenvalue weighted by atomic mass is 15.6. The Balaban J connectivity index is 2.04. The zero-order valence-electron chi connectivity index (χ0n) is 6.59. The van der Waals surface area contributed by atoms with Crippen LogP contribution in [-0.4, -0.2) is 24.4 Å². The van der Waals surface area contributed by atoms with Gasteiger partial charge in [-0.3, -0.25) is 0 Å². The van der Waals surface area contributed by atoms with Crippen molar-refractivity contribution in [2.45, 2.75) is 6.17 Å². The van der Waals surface area contributed by atoms with Gasteiger partial charge in [0.05, 0.1) is 18.9 Å². The van der Waals surface area contributed by atoms with Crippen LogP contribution in [0.25, 0.3) is 0 Å². The van der Waals surface area contributed by atoms with Crippen LogP contribution in [0, 0.1) is 0 Å². The van der Waals surface area contributed by atoms with Crippen molar-refractivity contribution >= 4 is 11.5 Å². The number of rotatable bonds is 0. The predicted octanol–water partition coefficient (Wildman–Crippen LogP) is -0.362. The number of hydrogen-bond donors (Lipinski definition) is 4. The lowest BCUT2D eigenvalue weighted by molar-refractivity contribution is 0.568. The molecule has 2 aliphatic heterocycles. The number of fused-ring (bicyclic) bond motifs is 3. The second kappa shape index (κ2) is 2.15. The van der Waals surface area contributed by atoms with Crippen LogP contribution >= 0.6 is 0 Å². The molecule has 5 nitrogen and oxygen atoms in total. The highest BCUT2D eigenvalue weighted by Crippen LogP contribution is 2.29. The maximum absolute atomic E-state index is 3.31. The molecule has 64 valence electrons. The normalized spacial score (nSPS) is 26.3. The molecule has 0 aliphatic carbocycles. The summed E-state index contributed by atoms with van der Waals surface area (Å²) in [5, 5.41) is 3.31. The topological polar surface area (TPSA) is 55.1 Å². The van der Waals surface area contributed by atoms with Crippen LogP contribution in [-0.2, 0) is 0 Å². The van der Waals surface area contributed by atoms with Crippen LogP contribution in [0.5, 0.6) is 0 Å². The average molecular weight is 165 g/mol. The van der Waals surface area contributed by atoms with E-state index in [2.05, 4.69) is 32.1 Å². The van der Waals surface area contributed by atoms with Crippen LogP contribution < -0.4 is 21.1 Å². The molecule has 1 aromatic rings. The van der Waals surface area contributed by atoms with E-state index in [1.165, 1.54) is 5.69 Å². The Labute approximate surface area is 70.1 Å². The van der Waals surface area contributed by atoms with Crippen molar-refractivity contribution in [3.05, 3.63) is 12.3 Å². The van der Waals surface area contributed by atoms with E-state index in [9.17, 15) is 0 Å². The van der Waals surface area contributed by atoms with E-state index in [1.807, 2.05) is 6.20 Å². The van der Waals surface area contributed by atoms with Crippen LogP contribution in [0.15, 0.2) is 12.3 Å². The number of hydrazine groups is 1. The summed E-state index contributed by atoms with van der Waals surface area (Å²) in [5.74, 6) is 1.12. The predicted molar refractivity (Wildman–Crippen MR) is 46.7 cm³/mol. The van der Waals surface area contributed by atoms with Crippen molar-refractivity contribution < 1.29 is 0 Å². The van der Waals surface area contributed by atoms with E-state index in [0.29, 0.717) is 6.17 Å². The van der Waals surface area contributed by atoms with Crippen molar-refractivity contribution in [3.63, 3.8) is 0 Å². The fourth-order valence-corrected chi connectivity index (χ4v) is 1.79. The highest BCUT2D eigenvalue weighted by Gasteiger charge is 2.29. The molecule has 0 amide bonds. The van der Waals surface area contributed by atoms with E-state index in [1.54, 1.807) is 0 Å². The highest BCUT2D eigenvalue weighted by molar-refractivity contribution is 5.69. The Hall–Kier alpha value is -1.20. The summed E-state index contributed by atoms with van der Waals surface area (Å²) in [6.07, 6.45) is 2.34. The molecular formula is C7H11N5. The third kappa shape index (κ3) is 0.693. The number of H-pyrrole nitrogens is 1. The number of anilines is 2. The minimum atomic E-state index is 0.383. The lowest BCUT2D eigenvalue weighted by Crippen LogP contribution is -2.45. The SMILES string of the molecule is c1cc2c([nH]1)NCC1NNCN21. The molecule has 0 radical (unpaired) electrons. The average Bonchev–Trinajstić information content (AvgIpc) is 2.71. The largest absolute Gasteiger partial charge is 0.366 e. The molecule has 0 saturated carbocycles. The standard InChI is InChI=1S/C7H11N5/c1-2-8-7-5(1)12-4-10-11-6(12)3-9-7/h1-2,6,8-11H,3-4H2. The molecule has 1 fully saturated rings. The first-order valence-electron chi connectivity index (χ1n) is 4.11. The van der Waals surface area contributed by atoms with Gasteiger partial charge in [-0.2, -0.15) is 0 Å². The van der Waals surface area contributed by atoms with Gasteiger partial charge in [0, 0.05) is 6.20 Å². The molecule has 12 heavy (non-hydrogen) atoms. The summed E-state index contributed by atoms with van der Waals surface area (Å²) in [6.45, 7) is 1.80. The Morgan fingerprint density at radius 2 is 2.50 bits per heavy atom. The van der Waals surface area contributed by atoms with Gasteiger partial charge in [0.1, 0.15) is 12.0 Å². The molecule has 3 heterocycles. The summed E-state index contributed by atoms with van der Waals surface area (Å²) in [4.78, 5) is 5.46. The molecule has 1 aromatic heterocycles. The Kier molecular flexibility index (Phi) is 1.13. The van der Waals surface area contributed by atoms with E-state index < -0.39 is 0 Å². The Morgan fingerprint density at radius 3 is 3.50 bits per heavy atom. The fraction of sp³-hybridized carbons (Fsp3) is 0.429. The molecule has 0 bridgehead atoms. The van der Waals surface area contributed by atoms with Gasteiger partial charge in [-0.15, -0.1) is 0 Å². The zero-order chi connectivity index (χ0) is 7.97. The quantitative estimate of drug-likeness (QED) is 0.424. The molecule has 1 unspecified atom stereocenters. The van der Waals surface area contributed by atoms with Crippen LogP contribution in [0.3, 0.4) is 0 Å². The van der Waals surface area contributed by atoms with Crippen LogP contribution in [0.2, 0.25) is 0 Å².